The zero-order valence-corrected chi connectivity index (χ0v) is 13.0. The highest BCUT2D eigenvalue weighted by Crippen LogP contribution is 2.28. The van der Waals surface area contributed by atoms with Gasteiger partial charge in [-0.2, -0.15) is 0 Å². The molecule has 2 rings (SSSR count). The summed E-state index contributed by atoms with van der Waals surface area (Å²) in [6, 6.07) is 7.62. The fourth-order valence-electron chi connectivity index (χ4n) is 2.47. The maximum Gasteiger partial charge on any atom is 0.414 e. The average molecular weight is 290 g/mol. The van der Waals surface area contributed by atoms with Crippen LogP contribution < -0.4 is 10.2 Å². The van der Waals surface area contributed by atoms with E-state index in [-0.39, 0.29) is 18.0 Å². The van der Waals surface area contributed by atoms with Gasteiger partial charge >= 0.3 is 6.09 Å². The summed E-state index contributed by atoms with van der Waals surface area (Å²) in [6.45, 7) is 7.42. The standard InChI is InChI=1S/C16H22N2O3/c1-11(19)17-13-9-12-7-5-6-8-14(12)18(10-13)15(20)21-16(2,3)4/h5-8,13H,9-10H2,1-4H3,(H,17,19). The largest absolute Gasteiger partial charge is 0.443 e. The summed E-state index contributed by atoms with van der Waals surface area (Å²) in [4.78, 5) is 25.3. The first-order valence-electron chi connectivity index (χ1n) is 7.12. The van der Waals surface area contributed by atoms with Gasteiger partial charge in [0.2, 0.25) is 5.91 Å². The zero-order chi connectivity index (χ0) is 15.6. The van der Waals surface area contributed by atoms with E-state index >= 15 is 0 Å². The fourth-order valence-corrected chi connectivity index (χ4v) is 2.47. The van der Waals surface area contributed by atoms with E-state index in [2.05, 4.69) is 5.32 Å². The molecule has 1 aliphatic heterocycles. The van der Waals surface area contributed by atoms with Crippen LogP contribution in [0.25, 0.3) is 0 Å². The van der Waals surface area contributed by atoms with Crippen molar-refractivity contribution in [3.05, 3.63) is 29.8 Å². The molecule has 1 aromatic rings. The van der Waals surface area contributed by atoms with Gasteiger partial charge in [0, 0.05) is 13.5 Å². The highest BCUT2D eigenvalue weighted by molar-refractivity contribution is 5.90. The lowest BCUT2D eigenvalue weighted by Gasteiger charge is -2.35. The fraction of sp³-hybridized carbons (Fsp3) is 0.500. The van der Waals surface area contributed by atoms with Crippen LogP contribution in [-0.4, -0.2) is 30.2 Å². The Morgan fingerprint density at radius 2 is 1.95 bits per heavy atom. The van der Waals surface area contributed by atoms with Crippen LogP contribution >= 0.6 is 0 Å². The van der Waals surface area contributed by atoms with E-state index in [1.807, 2.05) is 45.0 Å². The van der Waals surface area contributed by atoms with Crippen LogP contribution in [0.15, 0.2) is 24.3 Å². The second-order valence-corrected chi connectivity index (χ2v) is 6.32. The molecule has 1 N–H and O–H groups in total. The number of fused-ring (bicyclic) bond motifs is 1. The van der Waals surface area contributed by atoms with Crippen molar-refractivity contribution in [1.29, 1.82) is 0 Å². The smallest absolute Gasteiger partial charge is 0.414 e. The lowest BCUT2D eigenvalue weighted by atomic mass is 9.98. The van der Waals surface area contributed by atoms with Gasteiger partial charge in [-0.15, -0.1) is 0 Å². The van der Waals surface area contributed by atoms with Crippen molar-refractivity contribution in [3.8, 4) is 0 Å². The molecule has 1 aliphatic rings. The maximum atomic E-state index is 12.4. The molecule has 0 bridgehead atoms. The number of carbonyl (C=O) groups is 2. The summed E-state index contributed by atoms with van der Waals surface area (Å²) >= 11 is 0. The molecule has 0 radical (unpaired) electrons. The third kappa shape index (κ3) is 3.97. The summed E-state index contributed by atoms with van der Waals surface area (Å²) in [5.74, 6) is -0.0940. The highest BCUT2D eigenvalue weighted by Gasteiger charge is 2.31. The molecular formula is C16H22N2O3. The van der Waals surface area contributed by atoms with Gasteiger partial charge in [-0.1, -0.05) is 18.2 Å². The van der Waals surface area contributed by atoms with E-state index in [9.17, 15) is 9.59 Å². The van der Waals surface area contributed by atoms with E-state index in [4.69, 9.17) is 4.74 Å². The second-order valence-electron chi connectivity index (χ2n) is 6.32. The summed E-state index contributed by atoms with van der Waals surface area (Å²) in [5.41, 5.74) is 1.34. The van der Waals surface area contributed by atoms with Crippen molar-refractivity contribution in [2.45, 2.75) is 45.8 Å². The molecule has 1 aromatic carbocycles. The minimum absolute atomic E-state index is 0.0927. The van der Waals surface area contributed by atoms with E-state index in [1.165, 1.54) is 6.92 Å². The van der Waals surface area contributed by atoms with Crippen LogP contribution in [0.2, 0.25) is 0 Å². The Morgan fingerprint density at radius 3 is 2.57 bits per heavy atom. The number of anilines is 1. The second kappa shape index (κ2) is 5.76. The van der Waals surface area contributed by atoms with E-state index < -0.39 is 5.60 Å². The Labute approximate surface area is 125 Å². The van der Waals surface area contributed by atoms with Crippen LogP contribution in [-0.2, 0) is 16.0 Å². The summed E-state index contributed by atoms with van der Waals surface area (Å²) in [7, 11) is 0. The topological polar surface area (TPSA) is 58.6 Å². The first kappa shape index (κ1) is 15.4. The van der Waals surface area contributed by atoms with Crippen molar-refractivity contribution >= 4 is 17.7 Å². The molecular weight excluding hydrogens is 268 g/mol. The average Bonchev–Trinajstić information content (AvgIpc) is 2.35. The van der Waals surface area contributed by atoms with Gasteiger partial charge in [0.05, 0.1) is 11.7 Å². The molecule has 21 heavy (non-hydrogen) atoms. The van der Waals surface area contributed by atoms with Crippen LogP contribution in [0.1, 0.15) is 33.3 Å². The minimum Gasteiger partial charge on any atom is -0.443 e. The Kier molecular flexibility index (Phi) is 4.21. The Balaban J connectivity index is 2.26. The third-order valence-electron chi connectivity index (χ3n) is 3.17. The van der Waals surface area contributed by atoms with Crippen LogP contribution in [0.4, 0.5) is 10.5 Å². The number of amides is 2. The summed E-state index contributed by atoms with van der Waals surface area (Å²) in [6.07, 6.45) is 0.333. The van der Waals surface area contributed by atoms with Gasteiger partial charge in [0.1, 0.15) is 5.60 Å². The summed E-state index contributed by atoms with van der Waals surface area (Å²) in [5, 5.41) is 2.88. The zero-order valence-electron chi connectivity index (χ0n) is 13.0. The monoisotopic (exact) mass is 290 g/mol. The third-order valence-corrected chi connectivity index (χ3v) is 3.17. The molecule has 0 spiro atoms. The normalized spacial score (nSPS) is 17.9. The van der Waals surface area contributed by atoms with Crippen molar-refractivity contribution in [3.63, 3.8) is 0 Å². The molecule has 1 atom stereocenters. The molecule has 0 aromatic heterocycles. The van der Waals surface area contributed by atoms with Gasteiger partial charge in [-0.3, -0.25) is 9.69 Å². The molecule has 0 saturated heterocycles. The van der Waals surface area contributed by atoms with Crippen molar-refractivity contribution in [2.24, 2.45) is 0 Å². The molecule has 1 heterocycles. The number of para-hydroxylation sites is 1. The molecule has 114 valence electrons. The van der Waals surface area contributed by atoms with Crippen molar-refractivity contribution < 1.29 is 14.3 Å². The molecule has 5 heteroatoms. The minimum atomic E-state index is -0.549. The Bertz CT molecular complexity index is 549. The van der Waals surface area contributed by atoms with E-state index in [1.54, 1.807) is 4.90 Å². The SMILES string of the molecule is CC(=O)NC1Cc2ccccc2N(C(=O)OC(C)(C)C)C1. The first-order chi connectivity index (χ1) is 9.76. The van der Waals surface area contributed by atoms with Gasteiger partial charge in [0.15, 0.2) is 0 Å². The number of ether oxygens (including phenoxy) is 1. The lowest BCUT2D eigenvalue weighted by molar-refractivity contribution is -0.119. The molecule has 1 unspecified atom stereocenters. The molecule has 2 amide bonds. The number of nitrogens with one attached hydrogen (secondary N) is 1. The van der Waals surface area contributed by atoms with E-state index in [0.29, 0.717) is 6.54 Å². The lowest BCUT2D eigenvalue weighted by Crippen LogP contribution is -2.50. The van der Waals surface area contributed by atoms with Gasteiger partial charge < -0.3 is 10.1 Å². The van der Waals surface area contributed by atoms with E-state index in [0.717, 1.165) is 17.7 Å². The molecule has 0 fully saturated rings. The Hall–Kier alpha value is -2.04. The highest BCUT2D eigenvalue weighted by atomic mass is 16.6. The number of hydrogen-bond donors (Lipinski definition) is 1. The van der Waals surface area contributed by atoms with Crippen molar-refractivity contribution in [2.75, 3.05) is 11.4 Å². The number of benzene rings is 1. The molecule has 0 aliphatic carbocycles. The molecule has 5 nitrogen and oxygen atoms in total. The number of rotatable bonds is 1. The van der Waals surface area contributed by atoms with Gasteiger partial charge in [-0.05, 0) is 38.8 Å². The van der Waals surface area contributed by atoms with Crippen LogP contribution in [0, 0.1) is 0 Å². The summed E-state index contributed by atoms with van der Waals surface area (Å²) < 4.78 is 5.46. The number of carbonyl (C=O) groups excluding carboxylic acids is 2. The number of nitrogens with zero attached hydrogens (tertiary/aromatic N) is 1. The Morgan fingerprint density at radius 1 is 1.29 bits per heavy atom. The van der Waals surface area contributed by atoms with Gasteiger partial charge in [0.25, 0.3) is 0 Å². The quantitative estimate of drug-likeness (QED) is 0.864. The molecule has 0 saturated carbocycles. The first-order valence-corrected chi connectivity index (χ1v) is 7.12. The maximum absolute atomic E-state index is 12.4. The predicted octanol–water partition coefficient (Wildman–Crippen LogP) is 2.49. The van der Waals surface area contributed by atoms with Gasteiger partial charge in [-0.25, -0.2) is 4.79 Å². The number of hydrogen-bond acceptors (Lipinski definition) is 3. The van der Waals surface area contributed by atoms with Crippen molar-refractivity contribution in [1.82, 2.24) is 5.32 Å². The van der Waals surface area contributed by atoms with Crippen LogP contribution in [0.3, 0.4) is 0 Å². The predicted molar refractivity (Wildman–Crippen MR) is 81.3 cm³/mol. The van der Waals surface area contributed by atoms with Crippen LogP contribution in [0.5, 0.6) is 0 Å².